The molecule has 0 bridgehead atoms. The third kappa shape index (κ3) is 3.33. The molecule has 0 aliphatic carbocycles. The van der Waals surface area contributed by atoms with Gasteiger partial charge in [-0.15, -0.1) is 11.3 Å². The number of para-hydroxylation sites is 3. The van der Waals surface area contributed by atoms with Crippen LogP contribution in [0.3, 0.4) is 0 Å². The Kier molecular flexibility index (Phi) is 4.64. The molecule has 0 unspecified atom stereocenters. The van der Waals surface area contributed by atoms with E-state index in [0.717, 1.165) is 47.9 Å². The molecule has 1 aromatic heterocycles. The highest BCUT2D eigenvalue weighted by Gasteiger charge is 2.34. The molecule has 6 heteroatoms. The number of rotatable bonds is 3. The van der Waals surface area contributed by atoms with Crippen molar-refractivity contribution in [1.29, 1.82) is 0 Å². The summed E-state index contributed by atoms with van der Waals surface area (Å²) in [5, 5.41) is 1.06. The monoisotopic (exact) mass is 393 g/mol. The maximum atomic E-state index is 13.1. The highest BCUT2D eigenvalue weighted by Crippen LogP contribution is 2.35. The van der Waals surface area contributed by atoms with Crippen molar-refractivity contribution in [3.8, 4) is 5.75 Å². The second-order valence-corrected chi connectivity index (χ2v) is 8.53. The van der Waals surface area contributed by atoms with Crippen LogP contribution in [0.4, 0.5) is 5.69 Å². The molecular formula is C22H23N3O2S. The van der Waals surface area contributed by atoms with Crippen molar-refractivity contribution in [3.63, 3.8) is 0 Å². The standard InChI is InChI=1S/C22H23N3O2S/c26-22(24-12-6-1-7-13-24)19-14-25(17-9-3-4-10-18(17)27-19)15-21-23-16-8-2-5-11-20(16)28-21/h2-5,8-11,19H,1,6-7,12-15H2/t19-/m1/s1. The summed E-state index contributed by atoms with van der Waals surface area (Å²) in [6.07, 6.45) is 2.93. The Labute approximate surface area is 168 Å². The maximum Gasteiger partial charge on any atom is 0.265 e. The van der Waals surface area contributed by atoms with Crippen molar-refractivity contribution in [2.45, 2.75) is 31.9 Å². The van der Waals surface area contributed by atoms with Gasteiger partial charge in [-0.2, -0.15) is 0 Å². The smallest absolute Gasteiger partial charge is 0.265 e. The number of amides is 1. The van der Waals surface area contributed by atoms with Crippen LogP contribution in [-0.4, -0.2) is 41.5 Å². The van der Waals surface area contributed by atoms with Crippen LogP contribution >= 0.6 is 11.3 Å². The number of carbonyl (C=O) groups is 1. The number of hydrogen-bond donors (Lipinski definition) is 0. The molecule has 2 aliphatic heterocycles. The minimum absolute atomic E-state index is 0.114. The van der Waals surface area contributed by atoms with E-state index in [0.29, 0.717) is 13.1 Å². The normalized spacial score (nSPS) is 19.4. The Morgan fingerprint density at radius 2 is 1.86 bits per heavy atom. The van der Waals surface area contributed by atoms with Crippen LogP contribution in [0.25, 0.3) is 10.2 Å². The van der Waals surface area contributed by atoms with Crippen molar-refractivity contribution in [3.05, 3.63) is 53.5 Å². The van der Waals surface area contributed by atoms with Crippen LogP contribution in [0, 0.1) is 0 Å². The summed E-state index contributed by atoms with van der Waals surface area (Å²) >= 11 is 1.71. The molecule has 5 rings (SSSR count). The second-order valence-electron chi connectivity index (χ2n) is 7.42. The van der Waals surface area contributed by atoms with E-state index < -0.39 is 6.10 Å². The fraction of sp³-hybridized carbons (Fsp3) is 0.364. The summed E-state index contributed by atoms with van der Waals surface area (Å²) in [7, 11) is 0. The van der Waals surface area contributed by atoms with Crippen molar-refractivity contribution in [1.82, 2.24) is 9.88 Å². The lowest BCUT2D eigenvalue weighted by Gasteiger charge is -2.38. The summed E-state index contributed by atoms with van der Waals surface area (Å²) < 4.78 is 7.32. The molecule has 1 atom stereocenters. The van der Waals surface area contributed by atoms with Gasteiger partial charge in [0, 0.05) is 13.1 Å². The number of thiazole rings is 1. The lowest BCUT2D eigenvalue weighted by molar-refractivity contribution is -0.139. The van der Waals surface area contributed by atoms with E-state index in [1.165, 1.54) is 11.1 Å². The van der Waals surface area contributed by atoms with Crippen LogP contribution in [-0.2, 0) is 11.3 Å². The number of fused-ring (bicyclic) bond motifs is 2. The lowest BCUT2D eigenvalue weighted by Crippen LogP contribution is -2.51. The average Bonchev–Trinajstić information content (AvgIpc) is 3.16. The zero-order valence-corrected chi connectivity index (χ0v) is 16.5. The van der Waals surface area contributed by atoms with Gasteiger partial charge in [0.1, 0.15) is 10.8 Å². The predicted octanol–water partition coefficient (Wildman–Crippen LogP) is 4.08. The van der Waals surface area contributed by atoms with Gasteiger partial charge in [-0.1, -0.05) is 24.3 Å². The zero-order valence-electron chi connectivity index (χ0n) is 15.7. The van der Waals surface area contributed by atoms with Crippen LogP contribution < -0.4 is 9.64 Å². The number of ether oxygens (including phenoxy) is 1. The summed E-state index contributed by atoms with van der Waals surface area (Å²) in [5.41, 5.74) is 2.06. The van der Waals surface area contributed by atoms with Crippen LogP contribution in [0.5, 0.6) is 5.75 Å². The summed E-state index contributed by atoms with van der Waals surface area (Å²) in [5.74, 6) is 0.897. The van der Waals surface area contributed by atoms with E-state index in [2.05, 4.69) is 17.0 Å². The number of aromatic nitrogens is 1. The van der Waals surface area contributed by atoms with E-state index in [4.69, 9.17) is 9.72 Å². The minimum Gasteiger partial charge on any atom is -0.477 e. The second kappa shape index (κ2) is 7.43. The summed E-state index contributed by atoms with van der Waals surface area (Å²) in [4.78, 5) is 22.1. The number of nitrogens with zero attached hydrogens (tertiary/aromatic N) is 3. The first-order chi connectivity index (χ1) is 13.8. The Morgan fingerprint density at radius 1 is 1.07 bits per heavy atom. The molecule has 28 heavy (non-hydrogen) atoms. The first-order valence-corrected chi connectivity index (χ1v) is 10.7. The molecule has 1 amide bonds. The first kappa shape index (κ1) is 17.5. The van der Waals surface area contributed by atoms with Crippen molar-refractivity contribution in [2.75, 3.05) is 24.5 Å². The Bertz CT molecular complexity index is 963. The van der Waals surface area contributed by atoms with Crippen molar-refractivity contribution >= 4 is 33.1 Å². The molecular weight excluding hydrogens is 370 g/mol. The van der Waals surface area contributed by atoms with Crippen LogP contribution in [0.15, 0.2) is 48.5 Å². The quantitative estimate of drug-likeness (QED) is 0.673. The molecule has 0 saturated carbocycles. The van der Waals surface area contributed by atoms with Gasteiger partial charge in [-0.05, 0) is 43.5 Å². The molecule has 1 fully saturated rings. The first-order valence-electron chi connectivity index (χ1n) is 9.92. The third-order valence-electron chi connectivity index (χ3n) is 5.47. The number of piperidine rings is 1. The molecule has 5 nitrogen and oxygen atoms in total. The van der Waals surface area contributed by atoms with E-state index in [9.17, 15) is 4.79 Å². The van der Waals surface area contributed by atoms with Crippen LogP contribution in [0.2, 0.25) is 0 Å². The fourth-order valence-corrected chi connectivity index (χ4v) is 5.04. The SMILES string of the molecule is O=C([C@H]1CN(Cc2nc3ccccc3s2)c2ccccc2O1)N1CCCCC1. The third-order valence-corrected chi connectivity index (χ3v) is 6.49. The van der Waals surface area contributed by atoms with Gasteiger partial charge in [0.15, 0.2) is 6.10 Å². The molecule has 3 aromatic rings. The summed E-state index contributed by atoms with van der Waals surface area (Å²) in [6, 6.07) is 16.2. The molecule has 144 valence electrons. The highest BCUT2D eigenvalue weighted by atomic mass is 32.1. The molecule has 0 spiro atoms. The zero-order chi connectivity index (χ0) is 18.9. The highest BCUT2D eigenvalue weighted by molar-refractivity contribution is 7.18. The maximum absolute atomic E-state index is 13.1. The largest absolute Gasteiger partial charge is 0.477 e. The Hall–Kier alpha value is -2.60. The van der Waals surface area contributed by atoms with Gasteiger partial charge in [-0.3, -0.25) is 4.79 Å². The topological polar surface area (TPSA) is 45.7 Å². The molecule has 1 saturated heterocycles. The van der Waals surface area contributed by atoms with Crippen LogP contribution in [0.1, 0.15) is 24.3 Å². The minimum atomic E-state index is -0.456. The number of benzene rings is 2. The molecule has 2 aliphatic rings. The van der Waals surface area contributed by atoms with Gasteiger partial charge in [0.25, 0.3) is 5.91 Å². The molecule has 3 heterocycles. The predicted molar refractivity (Wildman–Crippen MR) is 112 cm³/mol. The molecule has 0 radical (unpaired) electrons. The number of carbonyl (C=O) groups excluding carboxylic acids is 1. The Morgan fingerprint density at radius 3 is 2.71 bits per heavy atom. The number of hydrogen-bond acceptors (Lipinski definition) is 5. The number of likely N-dealkylation sites (tertiary alicyclic amines) is 1. The molecule has 2 aromatic carbocycles. The van der Waals surface area contributed by atoms with E-state index >= 15 is 0 Å². The van der Waals surface area contributed by atoms with Gasteiger partial charge in [-0.25, -0.2) is 4.98 Å². The van der Waals surface area contributed by atoms with Gasteiger partial charge in [0.2, 0.25) is 0 Å². The van der Waals surface area contributed by atoms with Crippen molar-refractivity contribution < 1.29 is 9.53 Å². The lowest BCUT2D eigenvalue weighted by atomic mass is 10.1. The van der Waals surface area contributed by atoms with Gasteiger partial charge < -0.3 is 14.5 Å². The van der Waals surface area contributed by atoms with E-state index in [-0.39, 0.29) is 5.91 Å². The molecule has 0 N–H and O–H groups in total. The van der Waals surface area contributed by atoms with E-state index in [1.807, 2.05) is 41.3 Å². The van der Waals surface area contributed by atoms with Gasteiger partial charge in [0.05, 0.1) is 29.0 Å². The van der Waals surface area contributed by atoms with E-state index in [1.54, 1.807) is 11.3 Å². The van der Waals surface area contributed by atoms with Gasteiger partial charge >= 0.3 is 0 Å². The fourth-order valence-electron chi connectivity index (χ4n) is 4.05. The van der Waals surface area contributed by atoms with Crippen molar-refractivity contribution in [2.24, 2.45) is 0 Å². The Balaban J connectivity index is 1.41. The number of anilines is 1. The summed E-state index contributed by atoms with van der Waals surface area (Å²) in [6.45, 7) is 2.93. The average molecular weight is 394 g/mol.